The van der Waals surface area contributed by atoms with Crippen LogP contribution in [-0.4, -0.2) is 43.1 Å². The van der Waals surface area contributed by atoms with E-state index in [9.17, 15) is 4.79 Å². The molecule has 0 unspecified atom stereocenters. The van der Waals surface area contributed by atoms with E-state index in [4.69, 9.17) is 27.9 Å². The van der Waals surface area contributed by atoms with Crippen molar-refractivity contribution < 1.29 is 9.53 Å². The second-order valence-electron chi connectivity index (χ2n) is 5.60. The minimum Gasteiger partial charge on any atom is -0.492 e. The van der Waals surface area contributed by atoms with Crippen molar-refractivity contribution in [1.82, 2.24) is 10.2 Å². The summed E-state index contributed by atoms with van der Waals surface area (Å²) >= 11 is 11.8. The van der Waals surface area contributed by atoms with E-state index in [0.717, 1.165) is 13.1 Å². The highest BCUT2D eigenvalue weighted by molar-refractivity contribution is 6.35. The molecule has 1 N–H and O–H groups in total. The average molecular weight is 361 g/mol. The molecule has 4 nitrogen and oxygen atoms in total. The van der Waals surface area contributed by atoms with Crippen LogP contribution in [0.15, 0.2) is 18.2 Å². The van der Waals surface area contributed by atoms with Crippen molar-refractivity contribution >= 4 is 29.1 Å². The molecular formula is C17H26Cl2N2O2. The number of halogens is 2. The molecule has 23 heavy (non-hydrogen) atoms. The van der Waals surface area contributed by atoms with Crippen molar-refractivity contribution in [2.75, 3.05) is 26.2 Å². The minimum absolute atomic E-state index is 0.0515. The van der Waals surface area contributed by atoms with Gasteiger partial charge in [0.15, 0.2) is 0 Å². The lowest BCUT2D eigenvalue weighted by Crippen LogP contribution is -2.38. The molecule has 130 valence electrons. The van der Waals surface area contributed by atoms with Crippen LogP contribution in [0.1, 0.15) is 33.6 Å². The summed E-state index contributed by atoms with van der Waals surface area (Å²) in [5, 5.41) is 4.00. The van der Waals surface area contributed by atoms with Gasteiger partial charge in [-0.2, -0.15) is 0 Å². The highest BCUT2D eigenvalue weighted by atomic mass is 35.5. The van der Waals surface area contributed by atoms with Gasteiger partial charge < -0.3 is 10.1 Å². The van der Waals surface area contributed by atoms with Crippen LogP contribution in [-0.2, 0) is 4.79 Å². The van der Waals surface area contributed by atoms with Gasteiger partial charge in [0, 0.05) is 30.6 Å². The number of amides is 1. The summed E-state index contributed by atoms with van der Waals surface area (Å²) in [5.41, 5.74) is 0. The number of nitrogens with one attached hydrogen (secondary N) is 1. The van der Waals surface area contributed by atoms with Gasteiger partial charge in [0.25, 0.3) is 0 Å². The predicted molar refractivity (Wildman–Crippen MR) is 96.6 cm³/mol. The minimum atomic E-state index is 0.0515. The number of hydrogen-bond acceptors (Lipinski definition) is 3. The van der Waals surface area contributed by atoms with Crippen LogP contribution in [0.4, 0.5) is 0 Å². The van der Waals surface area contributed by atoms with Crippen molar-refractivity contribution in [3.05, 3.63) is 28.2 Å². The van der Waals surface area contributed by atoms with Gasteiger partial charge in [0.05, 0.1) is 11.6 Å². The van der Waals surface area contributed by atoms with Gasteiger partial charge >= 0.3 is 0 Å². The van der Waals surface area contributed by atoms with Gasteiger partial charge in [-0.25, -0.2) is 0 Å². The van der Waals surface area contributed by atoms with Crippen LogP contribution in [0.2, 0.25) is 10.0 Å². The number of rotatable bonds is 10. The summed E-state index contributed by atoms with van der Waals surface area (Å²) in [6.45, 7) is 9.42. The summed E-state index contributed by atoms with van der Waals surface area (Å²) in [6.07, 6.45) is 1.09. The first-order valence-corrected chi connectivity index (χ1v) is 8.78. The van der Waals surface area contributed by atoms with E-state index >= 15 is 0 Å². The Morgan fingerprint density at radius 3 is 2.70 bits per heavy atom. The zero-order valence-corrected chi connectivity index (χ0v) is 15.6. The first-order chi connectivity index (χ1) is 10.9. The Balaban J connectivity index is 2.17. The normalized spacial score (nSPS) is 11.1. The summed E-state index contributed by atoms with van der Waals surface area (Å²) in [4.78, 5) is 14.1. The fourth-order valence-electron chi connectivity index (χ4n) is 2.22. The summed E-state index contributed by atoms with van der Waals surface area (Å²) in [7, 11) is 0. The number of benzene rings is 1. The number of carbonyl (C=O) groups excluding carboxylic acids is 1. The Hall–Kier alpha value is -0.970. The molecule has 0 radical (unpaired) electrons. The molecule has 1 amide bonds. The first-order valence-electron chi connectivity index (χ1n) is 8.02. The van der Waals surface area contributed by atoms with Gasteiger partial charge in [0.2, 0.25) is 5.91 Å². The number of likely N-dealkylation sites (N-methyl/N-ethyl adjacent to an activating group) is 1. The number of ether oxygens (including phenoxy) is 1. The third kappa shape index (κ3) is 7.91. The van der Waals surface area contributed by atoms with Crippen LogP contribution in [0.25, 0.3) is 0 Å². The maximum atomic E-state index is 11.8. The maximum Gasteiger partial charge on any atom is 0.220 e. The summed E-state index contributed by atoms with van der Waals surface area (Å²) in [5.74, 6) is 0.641. The molecule has 0 bridgehead atoms. The number of hydrogen-bond donors (Lipinski definition) is 1. The molecule has 0 spiro atoms. The van der Waals surface area contributed by atoms with E-state index in [1.54, 1.807) is 18.2 Å². The van der Waals surface area contributed by atoms with Crippen molar-refractivity contribution in [1.29, 1.82) is 0 Å². The van der Waals surface area contributed by atoms with Crippen molar-refractivity contribution in [3.8, 4) is 5.75 Å². The third-order valence-electron chi connectivity index (χ3n) is 3.56. The van der Waals surface area contributed by atoms with E-state index in [-0.39, 0.29) is 5.91 Å². The predicted octanol–water partition coefficient (Wildman–Crippen LogP) is 4.00. The Labute approximate surface area is 149 Å². The SMILES string of the molecule is CCN(CCNC(=O)CCCOc1ccc(Cl)cc1Cl)C(C)C. The topological polar surface area (TPSA) is 41.6 Å². The zero-order chi connectivity index (χ0) is 17.2. The van der Waals surface area contributed by atoms with Gasteiger partial charge in [0.1, 0.15) is 5.75 Å². The van der Waals surface area contributed by atoms with E-state index in [1.807, 2.05) is 0 Å². The van der Waals surface area contributed by atoms with Crippen molar-refractivity contribution in [3.63, 3.8) is 0 Å². The van der Waals surface area contributed by atoms with Gasteiger partial charge in [-0.05, 0) is 45.0 Å². The van der Waals surface area contributed by atoms with E-state index in [2.05, 4.69) is 31.0 Å². The molecule has 0 aromatic heterocycles. The lowest BCUT2D eigenvalue weighted by molar-refractivity contribution is -0.121. The highest BCUT2D eigenvalue weighted by Crippen LogP contribution is 2.27. The summed E-state index contributed by atoms with van der Waals surface area (Å²) < 4.78 is 5.55. The molecule has 0 aliphatic rings. The van der Waals surface area contributed by atoms with Crippen LogP contribution in [0.3, 0.4) is 0 Å². The quantitative estimate of drug-likeness (QED) is 0.641. The largest absolute Gasteiger partial charge is 0.492 e. The first kappa shape index (κ1) is 20.1. The van der Waals surface area contributed by atoms with Crippen LogP contribution in [0.5, 0.6) is 5.75 Å². The fraction of sp³-hybridized carbons (Fsp3) is 0.588. The Morgan fingerprint density at radius 1 is 1.35 bits per heavy atom. The second kappa shape index (κ2) is 10.7. The molecule has 0 fully saturated rings. The molecule has 0 aliphatic carbocycles. The lowest BCUT2D eigenvalue weighted by atomic mass is 10.3. The molecule has 0 atom stereocenters. The Kier molecular flexibility index (Phi) is 9.37. The monoisotopic (exact) mass is 360 g/mol. The lowest BCUT2D eigenvalue weighted by Gasteiger charge is -2.24. The Bertz CT molecular complexity index is 495. The molecule has 0 saturated carbocycles. The number of carbonyl (C=O) groups is 1. The van der Waals surface area contributed by atoms with Gasteiger partial charge in [-0.1, -0.05) is 30.1 Å². The molecule has 6 heteroatoms. The van der Waals surface area contributed by atoms with Gasteiger partial charge in [-0.15, -0.1) is 0 Å². The molecule has 0 aliphatic heterocycles. The maximum absolute atomic E-state index is 11.8. The zero-order valence-electron chi connectivity index (χ0n) is 14.1. The smallest absolute Gasteiger partial charge is 0.220 e. The van der Waals surface area contributed by atoms with Crippen molar-refractivity contribution in [2.45, 2.75) is 39.7 Å². The van der Waals surface area contributed by atoms with Crippen LogP contribution < -0.4 is 10.1 Å². The standard InChI is InChI=1S/C17H26Cl2N2O2/c1-4-21(13(2)3)10-9-20-17(22)6-5-11-23-16-8-7-14(18)12-15(16)19/h7-8,12-13H,4-6,9-11H2,1-3H3,(H,20,22). The molecule has 1 aromatic rings. The molecule has 1 rings (SSSR count). The fourth-order valence-corrected chi connectivity index (χ4v) is 2.68. The molecular weight excluding hydrogens is 335 g/mol. The third-order valence-corrected chi connectivity index (χ3v) is 4.09. The second-order valence-corrected chi connectivity index (χ2v) is 6.44. The highest BCUT2D eigenvalue weighted by Gasteiger charge is 2.08. The summed E-state index contributed by atoms with van der Waals surface area (Å²) in [6, 6.07) is 5.59. The van der Waals surface area contributed by atoms with E-state index < -0.39 is 0 Å². The molecule has 1 aromatic carbocycles. The van der Waals surface area contributed by atoms with E-state index in [0.29, 0.717) is 47.8 Å². The van der Waals surface area contributed by atoms with Crippen LogP contribution >= 0.6 is 23.2 Å². The van der Waals surface area contributed by atoms with E-state index in [1.165, 1.54) is 0 Å². The van der Waals surface area contributed by atoms with Gasteiger partial charge in [-0.3, -0.25) is 9.69 Å². The molecule has 0 heterocycles. The average Bonchev–Trinajstić information content (AvgIpc) is 2.49. The number of nitrogens with zero attached hydrogens (tertiary/aromatic N) is 1. The molecule has 0 saturated heterocycles. The van der Waals surface area contributed by atoms with Crippen molar-refractivity contribution in [2.24, 2.45) is 0 Å². The van der Waals surface area contributed by atoms with Crippen LogP contribution in [0, 0.1) is 0 Å². The Morgan fingerprint density at radius 2 is 2.09 bits per heavy atom.